The molecule has 1 aliphatic carbocycles. The molecule has 1 atom stereocenters. The Balaban J connectivity index is 1.32. The van der Waals surface area contributed by atoms with Crippen LogP contribution in [0.4, 0.5) is 5.82 Å². The lowest BCUT2D eigenvalue weighted by Gasteiger charge is -2.42. The molecular formula is C26H28ClN7O. The molecule has 0 amide bonds. The van der Waals surface area contributed by atoms with E-state index in [0.717, 1.165) is 66.3 Å². The number of aryl methyl sites for hydroxylation is 2. The summed E-state index contributed by atoms with van der Waals surface area (Å²) in [5.41, 5.74) is 13.7. The molecule has 0 saturated carbocycles. The summed E-state index contributed by atoms with van der Waals surface area (Å²) in [4.78, 5) is 16.1. The molecule has 6 rings (SSSR count). The maximum atomic E-state index is 6.82. The van der Waals surface area contributed by atoms with E-state index >= 15 is 0 Å². The Morgan fingerprint density at radius 1 is 1.11 bits per heavy atom. The molecule has 1 fully saturated rings. The molecule has 1 aliphatic heterocycles. The van der Waals surface area contributed by atoms with Crippen molar-refractivity contribution in [2.45, 2.75) is 39.2 Å². The van der Waals surface area contributed by atoms with Crippen molar-refractivity contribution >= 4 is 22.9 Å². The van der Waals surface area contributed by atoms with Gasteiger partial charge in [0.15, 0.2) is 5.82 Å². The minimum absolute atomic E-state index is 0.0133. The van der Waals surface area contributed by atoms with Crippen LogP contribution in [0.5, 0.6) is 5.88 Å². The summed E-state index contributed by atoms with van der Waals surface area (Å²) in [6, 6.07) is 5.94. The van der Waals surface area contributed by atoms with Crippen molar-refractivity contribution in [3.63, 3.8) is 0 Å². The smallest absolute Gasteiger partial charge is 0.213 e. The monoisotopic (exact) mass is 489 g/mol. The molecule has 2 N–H and O–H groups in total. The van der Waals surface area contributed by atoms with E-state index < -0.39 is 0 Å². The largest absolute Gasteiger partial charge is 0.481 e. The Morgan fingerprint density at radius 3 is 2.69 bits per heavy atom. The number of pyridine rings is 2. The number of aromatic nitrogens is 5. The third-order valence-corrected chi connectivity index (χ3v) is 8.30. The molecular weight excluding hydrogens is 462 g/mol. The second-order valence-electron chi connectivity index (χ2n) is 9.68. The van der Waals surface area contributed by atoms with Gasteiger partial charge < -0.3 is 15.4 Å². The number of piperidine rings is 1. The Bertz CT molecular complexity index is 1440. The molecule has 35 heavy (non-hydrogen) atoms. The zero-order valence-corrected chi connectivity index (χ0v) is 20.9. The summed E-state index contributed by atoms with van der Waals surface area (Å²) in [5.74, 6) is 1.58. The van der Waals surface area contributed by atoms with Crippen LogP contribution in [-0.2, 0) is 6.42 Å². The Labute approximate surface area is 209 Å². The molecule has 1 saturated heterocycles. The van der Waals surface area contributed by atoms with Gasteiger partial charge in [0.1, 0.15) is 5.52 Å². The second-order valence-corrected chi connectivity index (χ2v) is 10.1. The van der Waals surface area contributed by atoms with E-state index in [1.54, 1.807) is 13.3 Å². The minimum Gasteiger partial charge on any atom is -0.481 e. The van der Waals surface area contributed by atoms with Gasteiger partial charge in [0.2, 0.25) is 5.88 Å². The third kappa shape index (κ3) is 3.38. The van der Waals surface area contributed by atoms with Crippen LogP contribution in [0.3, 0.4) is 0 Å². The highest BCUT2D eigenvalue weighted by Crippen LogP contribution is 2.51. The van der Waals surface area contributed by atoms with Crippen LogP contribution in [0.2, 0.25) is 5.02 Å². The molecule has 4 aromatic heterocycles. The SMILES string of the molecule is COc1cc2c(cn1)CC1(CCN(c3nc(C)c(-c4ccnc(C)c4Cl)n4nccc34)CC1)[C@@H]2N. The molecule has 5 heterocycles. The van der Waals surface area contributed by atoms with Gasteiger partial charge in [0, 0.05) is 43.2 Å². The standard InChI is InChI=1S/C26H28ClN7O/c1-15-22(27)18(4-8-29-15)23-16(2)32-25(20-5-9-31-34(20)23)33-10-6-26(7-11-33)13-17-14-30-21(35-3)12-19(17)24(26)28/h4-5,8-9,12,14,24H,6-7,10-11,13,28H2,1-3H3/t24-/m1/s1. The van der Waals surface area contributed by atoms with Gasteiger partial charge in [0.05, 0.1) is 35.4 Å². The summed E-state index contributed by atoms with van der Waals surface area (Å²) in [6.45, 7) is 5.69. The van der Waals surface area contributed by atoms with E-state index in [9.17, 15) is 0 Å². The minimum atomic E-state index is -0.0133. The van der Waals surface area contributed by atoms with Crippen LogP contribution in [0, 0.1) is 19.3 Å². The first-order valence-corrected chi connectivity index (χ1v) is 12.3. The van der Waals surface area contributed by atoms with Crippen molar-refractivity contribution in [1.82, 2.24) is 24.6 Å². The van der Waals surface area contributed by atoms with Crippen LogP contribution < -0.4 is 15.4 Å². The van der Waals surface area contributed by atoms with Crippen molar-refractivity contribution in [1.29, 1.82) is 0 Å². The van der Waals surface area contributed by atoms with Crippen molar-refractivity contribution in [3.8, 4) is 17.1 Å². The zero-order chi connectivity index (χ0) is 24.3. The number of hydrogen-bond acceptors (Lipinski definition) is 7. The highest BCUT2D eigenvalue weighted by Gasteiger charge is 2.46. The predicted molar refractivity (Wildman–Crippen MR) is 136 cm³/mol. The Kier molecular flexibility index (Phi) is 5.19. The molecule has 1 spiro atoms. The molecule has 4 aromatic rings. The zero-order valence-electron chi connectivity index (χ0n) is 20.1. The second kappa shape index (κ2) is 8.17. The molecule has 0 bridgehead atoms. The average Bonchev–Trinajstić information content (AvgIpc) is 3.45. The summed E-state index contributed by atoms with van der Waals surface area (Å²) >= 11 is 6.63. The van der Waals surface area contributed by atoms with Gasteiger partial charge in [-0.25, -0.2) is 14.5 Å². The summed E-state index contributed by atoms with van der Waals surface area (Å²) in [6.07, 6.45) is 8.47. The fourth-order valence-corrected chi connectivity index (χ4v) is 6.05. The Morgan fingerprint density at radius 2 is 1.91 bits per heavy atom. The fraction of sp³-hybridized carbons (Fsp3) is 0.385. The molecule has 8 nitrogen and oxygen atoms in total. The first-order valence-electron chi connectivity index (χ1n) is 11.9. The summed E-state index contributed by atoms with van der Waals surface area (Å²) < 4.78 is 7.29. The van der Waals surface area contributed by atoms with Crippen molar-refractivity contribution in [3.05, 3.63) is 64.3 Å². The van der Waals surface area contributed by atoms with E-state index in [-0.39, 0.29) is 11.5 Å². The number of fused-ring (bicyclic) bond motifs is 2. The summed E-state index contributed by atoms with van der Waals surface area (Å²) in [5, 5.41) is 5.27. The van der Waals surface area contributed by atoms with Crippen LogP contribution in [-0.4, -0.2) is 44.8 Å². The number of hydrogen-bond donors (Lipinski definition) is 1. The number of methoxy groups -OCH3 is 1. The van der Waals surface area contributed by atoms with Gasteiger partial charge in [-0.1, -0.05) is 11.6 Å². The summed E-state index contributed by atoms with van der Waals surface area (Å²) in [7, 11) is 1.64. The number of nitrogens with two attached hydrogens (primary N) is 1. The Hall–Kier alpha value is -3.23. The van der Waals surface area contributed by atoms with Crippen LogP contribution in [0.15, 0.2) is 36.8 Å². The highest BCUT2D eigenvalue weighted by molar-refractivity contribution is 6.33. The molecule has 0 radical (unpaired) electrons. The lowest BCUT2D eigenvalue weighted by Crippen LogP contribution is -2.44. The molecule has 0 aromatic carbocycles. The van der Waals surface area contributed by atoms with Crippen molar-refractivity contribution in [2.24, 2.45) is 11.1 Å². The van der Waals surface area contributed by atoms with E-state index in [4.69, 9.17) is 27.1 Å². The number of anilines is 1. The molecule has 2 aliphatic rings. The van der Waals surface area contributed by atoms with Gasteiger partial charge in [-0.05, 0) is 61.8 Å². The molecule has 0 unspecified atom stereocenters. The van der Waals surface area contributed by atoms with E-state index in [1.165, 1.54) is 11.1 Å². The first-order chi connectivity index (χ1) is 16.9. The molecule has 180 valence electrons. The number of rotatable bonds is 3. The van der Waals surface area contributed by atoms with Crippen LogP contribution in [0.25, 0.3) is 16.8 Å². The fourth-order valence-electron chi connectivity index (χ4n) is 5.84. The highest BCUT2D eigenvalue weighted by atomic mass is 35.5. The average molecular weight is 490 g/mol. The van der Waals surface area contributed by atoms with Gasteiger partial charge >= 0.3 is 0 Å². The van der Waals surface area contributed by atoms with E-state index in [1.807, 2.05) is 49.0 Å². The van der Waals surface area contributed by atoms with Gasteiger partial charge in [0.25, 0.3) is 0 Å². The normalized spacial score (nSPS) is 18.9. The lowest BCUT2D eigenvalue weighted by molar-refractivity contribution is 0.187. The maximum absolute atomic E-state index is 6.82. The van der Waals surface area contributed by atoms with Crippen molar-refractivity contribution < 1.29 is 4.74 Å². The predicted octanol–water partition coefficient (Wildman–Crippen LogP) is 4.31. The van der Waals surface area contributed by atoms with Gasteiger partial charge in [-0.3, -0.25) is 4.98 Å². The third-order valence-electron chi connectivity index (χ3n) is 7.82. The number of nitrogens with zero attached hydrogens (tertiary/aromatic N) is 6. The number of halogens is 1. The van der Waals surface area contributed by atoms with E-state index in [2.05, 4.69) is 20.0 Å². The maximum Gasteiger partial charge on any atom is 0.213 e. The lowest BCUT2D eigenvalue weighted by atomic mass is 9.73. The molecule has 9 heteroatoms. The quantitative estimate of drug-likeness (QED) is 0.458. The van der Waals surface area contributed by atoms with E-state index in [0.29, 0.717) is 10.9 Å². The number of ether oxygens (including phenoxy) is 1. The topological polar surface area (TPSA) is 94.5 Å². The first kappa shape index (κ1) is 22.2. The van der Waals surface area contributed by atoms with Crippen LogP contribution >= 0.6 is 11.6 Å². The van der Waals surface area contributed by atoms with Crippen LogP contribution in [0.1, 0.15) is 41.4 Å². The van der Waals surface area contributed by atoms with Gasteiger partial charge in [-0.15, -0.1) is 0 Å². The van der Waals surface area contributed by atoms with Crippen molar-refractivity contribution in [2.75, 3.05) is 25.1 Å². The van der Waals surface area contributed by atoms with Gasteiger partial charge in [-0.2, -0.15) is 5.10 Å².